The first kappa shape index (κ1) is 14.0. The maximum Gasteiger partial charge on any atom is 0.224 e. The molecule has 1 aliphatic rings. The number of nitrogens with two attached hydrogens (primary N) is 1. The van der Waals surface area contributed by atoms with Gasteiger partial charge in [0.1, 0.15) is 0 Å². The summed E-state index contributed by atoms with van der Waals surface area (Å²) in [5, 5.41) is 6.93. The summed E-state index contributed by atoms with van der Waals surface area (Å²) in [7, 11) is 0. The van der Waals surface area contributed by atoms with Crippen LogP contribution >= 0.6 is 23.2 Å². The van der Waals surface area contributed by atoms with Crippen LogP contribution in [0.5, 0.6) is 0 Å². The van der Waals surface area contributed by atoms with Crippen LogP contribution in [0.25, 0.3) is 0 Å². The zero-order valence-electron chi connectivity index (χ0n) is 11.0. The van der Waals surface area contributed by atoms with Gasteiger partial charge in [0.05, 0.1) is 27.1 Å². The van der Waals surface area contributed by atoms with Gasteiger partial charge in [0.15, 0.2) is 0 Å². The molecule has 0 fully saturated rings. The van der Waals surface area contributed by atoms with Crippen LogP contribution in [0.15, 0.2) is 30.3 Å². The van der Waals surface area contributed by atoms with Crippen LogP contribution in [0.4, 0.5) is 22.7 Å². The molecule has 1 amide bonds. The van der Waals surface area contributed by atoms with Crippen molar-refractivity contribution >= 4 is 51.9 Å². The summed E-state index contributed by atoms with van der Waals surface area (Å²) in [6, 6.07) is 9.05. The molecule has 0 spiro atoms. The number of nitrogens with one attached hydrogen (secondary N) is 2. The Morgan fingerprint density at radius 2 is 1.95 bits per heavy atom. The van der Waals surface area contributed by atoms with Crippen LogP contribution in [0, 0.1) is 0 Å². The van der Waals surface area contributed by atoms with Gasteiger partial charge in [-0.05, 0) is 36.2 Å². The number of fused-ring (bicyclic) bond motifs is 1. The topological polar surface area (TPSA) is 67.1 Å². The second-order valence-electron chi connectivity index (χ2n) is 4.87. The molecule has 3 rings (SSSR count). The van der Waals surface area contributed by atoms with Crippen molar-refractivity contribution in [2.24, 2.45) is 0 Å². The van der Waals surface area contributed by atoms with Crippen molar-refractivity contribution in [3.05, 3.63) is 45.9 Å². The number of nitrogen functional groups attached to an aromatic ring is 1. The van der Waals surface area contributed by atoms with E-state index in [9.17, 15) is 4.79 Å². The molecular formula is C15H13Cl2N3O. The number of rotatable bonds is 2. The van der Waals surface area contributed by atoms with Crippen molar-refractivity contribution in [2.45, 2.75) is 12.8 Å². The zero-order chi connectivity index (χ0) is 15.0. The van der Waals surface area contributed by atoms with Crippen LogP contribution in [-0.2, 0) is 11.2 Å². The van der Waals surface area contributed by atoms with E-state index in [0.717, 1.165) is 16.9 Å². The molecule has 2 aromatic rings. The Morgan fingerprint density at radius 1 is 1.14 bits per heavy atom. The molecule has 6 heteroatoms. The molecule has 0 aromatic heterocycles. The minimum absolute atomic E-state index is 0.0143. The van der Waals surface area contributed by atoms with Gasteiger partial charge in [-0.3, -0.25) is 4.79 Å². The number of carbonyl (C=O) groups excluding carboxylic acids is 1. The second-order valence-corrected chi connectivity index (χ2v) is 5.66. The minimum Gasteiger partial charge on any atom is -0.397 e. The summed E-state index contributed by atoms with van der Waals surface area (Å²) in [5.41, 5.74) is 9.82. The minimum atomic E-state index is 0.0143. The van der Waals surface area contributed by atoms with Crippen LogP contribution in [-0.4, -0.2) is 5.91 Å². The smallest absolute Gasteiger partial charge is 0.224 e. The van der Waals surface area contributed by atoms with Crippen LogP contribution in [0.3, 0.4) is 0 Å². The highest BCUT2D eigenvalue weighted by atomic mass is 35.5. The zero-order valence-corrected chi connectivity index (χ0v) is 12.6. The van der Waals surface area contributed by atoms with Crippen LogP contribution in [0.2, 0.25) is 10.0 Å². The Kier molecular flexibility index (Phi) is 3.66. The fourth-order valence-corrected chi connectivity index (χ4v) is 2.65. The molecule has 0 bridgehead atoms. The molecule has 0 atom stereocenters. The average molecular weight is 322 g/mol. The lowest BCUT2D eigenvalue weighted by Crippen LogP contribution is -2.19. The molecule has 0 saturated heterocycles. The molecule has 108 valence electrons. The fourth-order valence-electron chi connectivity index (χ4n) is 2.30. The van der Waals surface area contributed by atoms with E-state index in [4.69, 9.17) is 28.9 Å². The van der Waals surface area contributed by atoms with Crippen molar-refractivity contribution in [1.29, 1.82) is 0 Å². The number of halogens is 2. The van der Waals surface area contributed by atoms with Crippen molar-refractivity contribution < 1.29 is 4.79 Å². The maximum atomic E-state index is 11.4. The third kappa shape index (κ3) is 2.77. The lowest BCUT2D eigenvalue weighted by molar-refractivity contribution is -0.116. The van der Waals surface area contributed by atoms with E-state index < -0.39 is 0 Å². The van der Waals surface area contributed by atoms with E-state index in [1.165, 1.54) is 0 Å². The molecule has 1 heterocycles. The van der Waals surface area contributed by atoms with Gasteiger partial charge in [0, 0.05) is 12.1 Å². The van der Waals surface area contributed by atoms with Crippen molar-refractivity contribution in [3.8, 4) is 0 Å². The Labute approximate surface area is 132 Å². The number of amides is 1. The first-order valence-corrected chi connectivity index (χ1v) is 7.23. The standard InChI is InChI=1S/C15H13Cl2N3O/c16-9-2-1-3-11(15(9)17)19-13-6-8-4-5-14(21)20-12(8)7-10(13)18/h1-3,6-7,19H,4-5,18H2,(H,20,21). The quantitative estimate of drug-likeness (QED) is 0.726. The average Bonchev–Trinajstić information content (AvgIpc) is 2.45. The summed E-state index contributed by atoms with van der Waals surface area (Å²) in [6.45, 7) is 0. The SMILES string of the molecule is Nc1cc2c(cc1Nc1cccc(Cl)c1Cl)CCC(=O)N2. The number of hydrogen-bond acceptors (Lipinski definition) is 3. The molecule has 1 aliphatic heterocycles. The highest BCUT2D eigenvalue weighted by Crippen LogP contribution is 2.36. The van der Waals surface area contributed by atoms with E-state index in [-0.39, 0.29) is 5.91 Å². The number of aryl methyl sites for hydroxylation is 1. The summed E-state index contributed by atoms with van der Waals surface area (Å²) in [5.74, 6) is 0.0143. The summed E-state index contributed by atoms with van der Waals surface area (Å²) in [6.07, 6.45) is 1.17. The first-order chi connectivity index (χ1) is 10.0. The van der Waals surface area contributed by atoms with E-state index in [1.807, 2.05) is 18.2 Å². The van der Waals surface area contributed by atoms with Crippen LogP contribution < -0.4 is 16.4 Å². The van der Waals surface area contributed by atoms with Crippen molar-refractivity contribution in [2.75, 3.05) is 16.4 Å². The van der Waals surface area contributed by atoms with Crippen molar-refractivity contribution in [3.63, 3.8) is 0 Å². The Morgan fingerprint density at radius 3 is 2.76 bits per heavy atom. The number of carbonyl (C=O) groups is 1. The summed E-state index contributed by atoms with van der Waals surface area (Å²) < 4.78 is 0. The van der Waals surface area contributed by atoms with Gasteiger partial charge in [-0.1, -0.05) is 29.3 Å². The first-order valence-electron chi connectivity index (χ1n) is 6.48. The van der Waals surface area contributed by atoms with Gasteiger partial charge in [0.2, 0.25) is 5.91 Å². The predicted molar refractivity (Wildman–Crippen MR) is 87.5 cm³/mol. The molecule has 0 saturated carbocycles. The number of anilines is 4. The third-order valence-electron chi connectivity index (χ3n) is 3.39. The molecule has 0 unspecified atom stereocenters. The Hall–Kier alpha value is -1.91. The highest BCUT2D eigenvalue weighted by molar-refractivity contribution is 6.43. The summed E-state index contributed by atoms with van der Waals surface area (Å²) in [4.78, 5) is 11.4. The van der Waals surface area contributed by atoms with Gasteiger partial charge in [0.25, 0.3) is 0 Å². The second kappa shape index (κ2) is 5.47. The molecule has 4 N–H and O–H groups in total. The molecular weight excluding hydrogens is 309 g/mol. The van der Waals surface area contributed by atoms with E-state index in [2.05, 4.69) is 10.6 Å². The molecule has 0 aliphatic carbocycles. The number of benzene rings is 2. The van der Waals surface area contributed by atoms with E-state index in [1.54, 1.807) is 12.1 Å². The highest BCUT2D eigenvalue weighted by Gasteiger charge is 2.17. The summed E-state index contributed by atoms with van der Waals surface area (Å²) >= 11 is 12.2. The molecule has 0 radical (unpaired) electrons. The number of hydrogen-bond donors (Lipinski definition) is 3. The van der Waals surface area contributed by atoms with Gasteiger partial charge < -0.3 is 16.4 Å². The van der Waals surface area contributed by atoms with Gasteiger partial charge in [-0.2, -0.15) is 0 Å². The van der Waals surface area contributed by atoms with E-state index in [0.29, 0.717) is 34.3 Å². The monoisotopic (exact) mass is 321 g/mol. The van der Waals surface area contributed by atoms with Crippen LogP contribution in [0.1, 0.15) is 12.0 Å². The largest absolute Gasteiger partial charge is 0.397 e. The molecule has 4 nitrogen and oxygen atoms in total. The van der Waals surface area contributed by atoms with Gasteiger partial charge in [-0.25, -0.2) is 0 Å². The Bertz CT molecular complexity index is 731. The lowest BCUT2D eigenvalue weighted by Gasteiger charge is -2.20. The molecule has 21 heavy (non-hydrogen) atoms. The van der Waals surface area contributed by atoms with Crippen molar-refractivity contribution in [1.82, 2.24) is 0 Å². The van der Waals surface area contributed by atoms with Gasteiger partial charge in [-0.15, -0.1) is 0 Å². The normalized spacial score (nSPS) is 13.5. The van der Waals surface area contributed by atoms with Gasteiger partial charge >= 0.3 is 0 Å². The third-order valence-corrected chi connectivity index (χ3v) is 4.21. The lowest BCUT2D eigenvalue weighted by atomic mass is 10.0. The van der Waals surface area contributed by atoms with E-state index >= 15 is 0 Å². The fraction of sp³-hybridized carbons (Fsp3) is 0.133. The predicted octanol–water partition coefficient (Wildman–Crippen LogP) is 4.20. The maximum absolute atomic E-state index is 11.4. The Balaban J connectivity index is 1.96. The molecule has 2 aromatic carbocycles.